The van der Waals surface area contributed by atoms with Gasteiger partial charge in [-0.25, -0.2) is 0 Å². The maximum atomic E-state index is 5.47. The molecule has 114 valence electrons. The van der Waals surface area contributed by atoms with Crippen molar-refractivity contribution >= 4 is 0 Å². The normalized spacial score (nSPS) is 12.5. The Morgan fingerprint density at radius 3 is 2.52 bits per heavy atom. The first-order valence-electron chi connectivity index (χ1n) is 7.61. The third-order valence-corrected chi connectivity index (χ3v) is 3.72. The molecule has 1 atom stereocenters. The SMILES string of the molecule is CCCNC(c1ccc(CCOC)cc1)c1ccoc1C. The van der Waals surface area contributed by atoms with E-state index in [0.717, 1.165) is 31.8 Å². The Hall–Kier alpha value is -1.58. The molecule has 1 aromatic heterocycles. The van der Waals surface area contributed by atoms with Gasteiger partial charge >= 0.3 is 0 Å². The molecule has 0 saturated carbocycles. The minimum Gasteiger partial charge on any atom is -0.469 e. The highest BCUT2D eigenvalue weighted by molar-refractivity contribution is 5.34. The molecule has 0 aliphatic carbocycles. The third kappa shape index (κ3) is 4.19. The molecule has 21 heavy (non-hydrogen) atoms. The van der Waals surface area contributed by atoms with E-state index in [9.17, 15) is 0 Å². The van der Waals surface area contributed by atoms with Crippen LogP contribution < -0.4 is 5.32 Å². The molecule has 0 spiro atoms. The lowest BCUT2D eigenvalue weighted by Gasteiger charge is -2.19. The van der Waals surface area contributed by atoms with Crippen LogP contribution in [0.15, 0.2) is 41.0 Å². The minimum absolute atomic E-state index is 0.195. The number of benzene rings is 1. The fourth-order valence-electron chi connectivity index (χ4n) is 2.49. The number of nitrogens with one attached hydrogen (secondary N) is 1. The van der Waals surface area contributed by atoms with Gasteiger partial charge in [0.15, 0.2) is 0 Å². The molecule has 2 rings (SSSR count). The van der Waals surface area contributed by atoms with E-state index in [-0.39, 0.29) is 6.04 Å². The molecule has 0 aliphatic heterocycles. The monoisotopic (exact) mass is 287 g/mol. The number of aryl methyl sites for hydroxylation is 1. The Morgan fingerprint density at radius 1 is 1.19 bits per heavy atom. The van der Waals surface area contributed by atoms with Crippen LogP contribution in [-0.4, -0.2) is 20.3 Å². The summed E-state index contributed by atoms with van der Waals surface area (Å²) in [4.78, 5) is 0. The number of hydrogen-bond acceptors (Lipinski definition) is 3. The first kappa shape index (κ1) is 15.8. The van der Waals surface area contributed by atoms with E-state index in [0.29, 0.717) is 0 Å². The first-order chi connectivity index (χ1) is 10.3. The summed E-state index contributed by atoms with van der Waals surface area (Å²) in [5.74, 6) is 0.979. The van der Waals surface area contributed by atoms with Crippen LogP contribution >= 0.6 is 0 Å². The van der Waals surface area contributed by atoms with Crippen molar-refractivity contribution < 1.29 is 9.15 Å². The Morgan fingerprint density at radius 2 is 1.95 bits per heavy atom. The van der Waals surface area contributed by atoms with Crippen molar-refractivity contribution in [3.8, 4) is 0 Å². The second-order valence-corrected chi connectivity index (χ2v) is 5.30. The van der Waals surface area contributed by atoms with Crippen LogP contribution in [0.5, 0.6) is 0 Å². The van der Waals surface area contributed by atoms with E-state index < -0.39 is 0 Å². The average molecular weight is 287 g/mol. The second-order valence-electron chi connectivity index (χ2n) is 5.30. The molecule has 0 aliphatic rings. The van der Waals surface area contributed by atoms with E-state index in [2.05, 4.69) is 42.6 Å². The number of rotatable bonds is 8. The highest BCUT2D eigenvalue weighted by atomic mass is 16.5. The fourth-order valence-corrected chi connectivity index (χ4v) is 2.49. The molecule has 1 N–H and O–H groups in total. The van der Waals surface area contributed by atoms with Crippen molar-refractivity contribution in [1.82, 2.24) is 5.32 Å². The molecule has 0 amide bonds. The maximum Gasteiger partial charge on any atom is 0.105 e. The largest absolute Gasteiger partial charge is 0.469 e. The van der Waals surface area contributed by atoms with Gasteiger partial charge in [0.2, 0.25) is 0 Å². The number of methoxy groups -OCH3 is 1. The summed E-state index contributed by atoms with van der Waals surface area (Å²) in [6, 6.07) is 11.0. The average Bonchev–Trinajstić information content (AvgIpc) is 2.93. The van der Waals surface area contributed by atoms with Gasteiger partial charge in [0.1, 0.15) is 5.76 Å². The summed E-state index contributed by atoms with van der Waals surface area (Å²) in [6.45, 7) is 5.95. The zero-order valence-electron chi connectivity index (χ0n) is 13.2. The van der Waals surface area contributed by atoms with Gasteiger partial charge in [-0.2, -0.15) is 0 Å². The standard InChI is InChI=1S/C18H25NO2/c1-4-11-19-18(17-10-13-21-14(17)2)16-7-5-15(6-8-16)9-12-20-3/h5-8,10,13,18-19H,4,9,11-12H2,1-3H3. The molecule has 1 heterocycles. The van der Waals surface area contributed by atoms with Gasteiger partial charge in [-0.3, -0.25) is 0 Å². The van der Waals surface area contributed by atoms with E-state index in [1.165, 1.54) is 16.7 Å². The fraction of sp³-hybridized carbons (Fsp3) is 0.444. The smallest absolute Gasteiger partial charge is 0.105 e. The Balaban J connectivity index is 2.18. The first-order valence-corrected chi connectivity index (χ1v) is 7.61. The molecular formula is C18H25NO2. The summed E-state index contributed by atoms with van der Waals surface area (Å²) in [6.07, 6.45) is 3.83. The topological polar surface area (TPSA) is 34.4 Å². The van der Waals surface area contributed by atoms with Crippen molar-refractivity contribution in [1.29, 1.82) is 0 Å². The minimum atomic E-state index is 0.195. The van der Waals surface area contributed by atoms with Crippen LogP contribution in [-0.2, 0) is 11.2 Å². The van der Waals surface area contributed by atoms with Crippen molar-refractivity contribution in [3.63, 3.8) is 0 Å². The van der Waals surface area contributed by atoms with E-state index >= 15 is 0 Å². The molecule has 2 aromatic rings. The maximum absolute atomic E-state index is 5.47. The van der Waals surface area contributed by atoms with E-state index in [1.807, 2.05) is 6.92 Å². The summed E-state index contributed by atoms with van der Waals surface area (Å²) in [7, 11) is 1.74. The van der Waals surface area contributed by atoms with Crippen LogP contribution in [0.1, 0.15) is 41.8 Å². The molecule has 0 fully saturated rings. The van der Waals surface area contributed by atoms with Gasteiger partial charge in [-0.15, -0.1) is 0 Å². The van der Waals surface area contributed by atoms with Crippen molar-refractivity contribution in [3.05, 3.63) is 59.0 Å². The highest BCUT2D eigenvalue weighted by Crippen LogP contribution is 2.26. The summed E-state index contributed by atoms with van der Waals surface area (Å²) in [5.41, 5.74) is 3.79. The molecule has 1 aromatic carbocycles. The zero-order chi connectivity index (χ0) is 15.1. The lowest BCUT2D eigenvalue weighted by Crippen LogP contribution is -2.23. The van der Waals surface area contributed by atoms with Crippen molar-refractivity contribution in [2.24, 2.45) is 0 Å². The third-order valence-electron chi connectivity index (χ3n) is 3.72. The van der Waals surface area contributed by atoms with Gasteiger partial charge < -0.3 is 14.5 Å². The van der Waals surface area contributed by atoms with Gasteiger partial charge in [0.25, 0.3) is 0 Å². The second kappa shape index (κ2) is 8.01. The zero-order valence-corrected chi connectivity index (χ0v) is 13.2. The van der Waals surface area contributed by atoms with Gasteiger partial charge in [-0.05, 0) is 43.5 Å². The van der Waals surface area contributed by atoms with Gasteiger partial charge in [-0.1, -0.05) is 31.2 Å². The Bertz CT molecular complexity index is 530. The molecule has 3 nitrogen and oxygen atoms in total. The van der Waals surface area contributed by atoms with Crippen LogP contribution in [0.2, 0.25) is 0 Å². The van der Waals surface area contributed by atoms with Gasteiger partial charge in [0, 0.05) is 12.7 Å². The lowest BCUT2D eigenvalue weighted by atomic mass is 9.97. The molecular weight excluding hydrogens is 262 g/mol. The van der Waals surface area contributed by atoms with Crippen LogP contribution in [0, 0.1) is 6.92 Å². The van der Waals surface area contributed by atoms with Gasteiger partial charge in [0.05, 0.1) is 18.9 Å². The summed E-state index contributed by atoms with van der Waals surface area (Å²) >= 11 is 0. The molecule has 0 saturated heterocycles. The van der Waals surface area contributed by atoms with E-state index in [4.69, 9.17) is 9.15 Å². The molecule has 3 heteroatoms. The number of furan rings is 1. The molecule has 0 radical (unpaired) electrons. The molecule has 1 unspecified atom stereocenters. The molecule has 0 bridgehead atoms. The van der Waals surface area contributed by atoms with E-state index in [1.54, 1.807) is 13.4 Å². The summed E-state index contributed by atoms with van der Waals surface area (Å²) in [5, 5.41) is 3.61. The Labute approximate surface area is 127 Å². The van der Waals surface area contributed by atoms with Crippen LogP contribution in [0.25, 0.3) is 0 Å². The van der Waals surface area contributed by atoms with Crippen LogP contribution in [0.3, 0.4) is 0 Å². The van der Waals surface area contributed by atoms with Crippen molar-refractivity contribution in [2.75, 3.05) is 20.3 Å². The highest BCUT2D eigenvalue weighted by Gasteiger charge is 2.17. The summed E-state index contributed by atoms with van der Waals surface area (Å²) < 4.78 is 10.6. The predicted octanol–water partition coefficient (Wildman–Crippen LogP) is 3.87. The van der Waals surface area contributed by atoms with Crippen LogP contribution in [0.4, 0.5) is 0 Å². The quantitative estimate of drug-likeness (QED) is 0.800. The number of hydrogen-bond donors (Lipinski definition) is 1. The predicted molar refractivity (Wildman–Crippen MR) is 85.6 cm³/mol. The number of ether oxygens (including phenoxy) is 1. The lowest BCUT2D eigenvalue weighted by molar-refractivity contribution is 0.202. The Kier molecular flexibility index (Phi) is 6.03. The van der Waals surface area contributed by atoms with Crippen molar-refractivity contribution in [2.45, 2.75) is 32.7 Å².